The summed E-state index contributed by atoms with van der Waals surface area (Å²) in [6.07, 6.45) is 0.0666. The maximum Gasteiger partial charge on any atom is 0.411 e. The van der Waals surface area contributed by atoms with Crippen LogP contribution in [-0.2, 0) is 11.2 Å². The Hall–Kier alpha value is -3.60. The van der Waals surface area contributed by atoms with Crippen molar-refractivity contribution in [1.82, 2.24) is 0 Å². The summed E-state index contributed by atoms with van der Waals surface area (Å²) in [5.74, 6) is -1.06. The van der Waals surface area contributed by atoms with Gasteiger partial charge in [-0.05, 0) is 52.4 Å². The van der Waals surface area contributed by atoms with E-state index in [2.05, 4.69) is 29.6 Å². The Kier molecular flexibility index (Phi) is 5.04. The number of hydrogen-bond acceptors (Lipinski definition) is 3. The van der Waals surface area contributed by atoms with Crippen LogP contribution >= 0.6 is 0 Å². The zero-order chi connectivity index (χ0) is 20.4. The van der Waals surface area contributed by atoms with Crippen molar-refractivity contribution in [2.24, 2.45) is 0 Å². The second kappa shape index (κ2) is 7.80. The first-order valence-electron chi connectivity index (χ1n) is 9.56. The average molecular weight is 387 g/mol. The maximum atomic E-state index is 12.4. The molecule has 0 aliphatic heterocycles. The summed E-state index contributed by atoms with van der Waals surface area (Å²) in [4.78, 5) is 23.7. The normalized spacial score (nSPS) is 12.2. The quantitative estimate of drug-likeness (QED) is 0.622. The summed E-state index contributed by atoms with van der Waals surface area (Å²) in [5.41, 5.74) is 6.00. The van der Waals surface area contributed by atoms with Gasteiger partial charge in [0, 0.05) is 11.6 Å². The molecule has 3 aromatic carbocycles. The largest absolute Gasteiger partial charge is 0.478 e. The Morgan fingerprint density at radius 1 is 0.966 bits per heavy atom. The van der Waals surface area contributed by atoms with E-state index in [1.54, 1.807) is 12.1 Å². The molecule has 1 aliphatic rings. The van der Waals surface area contributed by atoms with Crippen LogP contribution < -0.4 is 5.32 Å². The molecule has 0 fully saturated rings. The van der Waals surface area contributed by atoms with Gasteiger partial charge in [0.1, 0.15) is 6.61 Å². The highest BCUT2D eigenvalue weighted by molar-refractivity contribution is 5.92. The standard InChI is InChI=1S/C24H21NO4/c1-2-15-11-16(23(26)27)13-17(12-15)25-24(28)29-14-22-20-9-5-3-7-18(20)19-8-4-6-10-21(19)22/h3-13,22H,2,14H2,1H3,(H,25,28)(H,26,27). The third kappa shape index (κ3) is 3.72. The molecule has 0 saturated heterocycles. The number of ether oxygens (including phenoxy) is 1. The van der Waals surface area contributed by atoms with Gasteiger partial charge < -0.3 is 9.84 Å². The topological polar surface area (TPSA) is 75.6 Å². The van der Waals surface area contributed by atoms with E-state index in [4.69, 9.17) is 4.74 Å². The second-order valence-electron chi connectivity index (χ2n) is 7.03. The van der Waals surface area contributed by atoms with Crippen LogP contribution in [0.2, 0.25) is 0 Å². The van der Waals surface area contributed by atoms with Gasteiger partial charge >= 0.3 is 12.1 Å². The molecule has 0 unspecified atom stereocenters. The minimum atomic E-state index is -1.03. The number of hydrogen-bond donors (Lipinski definition) is 2. The first-order chi connectivity index (χ1) is 14.1. The number of carbonyl (C=O) groups is 2. The molecule has 29 heavy (non-hydrogen) atoms. The van der Waals surface area contributed by atoms with Gasteiger partial charge in [-0.15, -0.1) is 0 Å². The summed E-state index contributed by atoms with van der Waals surface area (Å²) in [7, 11) is 0. The van der Waals surface area contributed by atoms with Crippen LogP contribution in [0.5, 0.6) is 0 Å². The van der Waals surface area contributed by atoms with E-state index in [0.29, 0.717) is 12.1 Å². The van der Waals surface area contributed by atoms with Crippen LogP contribution in [0.15, 0.2) is 66.7 Å². The molecule has 0 saturated carbocycles. The Labute approximate surface area is 169 Å². The zero-order valence-electron chi connectivity index (χ0n) is 16.0. The first kappa shape index (κ1) is 18.7. The van der Waals surface area contributed by atoms with Crippen LogP contribution in [0.25, 0.3) is 11.1 Å². The van der Waals surface area contributed by atoms with Crippen molar-refractivity contribution in [1.29, 1.82) is 0 Å². The highest BCUT2D eigenvalue weighted by Gasteiger charge is 2.29. The third-order valence-electron chi connectivity index (χ3n) is 5.24. The number of anilines is 1. The number of nitrogens with one attached hydrogen (secondary N) is 1. The van der Waals surface area contributed by atoms with E-state index in [1.165, 1.54) is 17.2 Å². The van der Waals surface area contributed by atoms with Crippen LogP contribution in [0, 0.1) is 0 Å². The van der Waals surface area contributed by atoms with Crippen molar-refractivity contribution in [2.45, 2.75) is 19.3 Å². The Morgan fingerprint density at radius 3 is 2.17 bits per heavy atom. The average Bonchev–Trinajstić information content (AvgIpc) is 3.06. The molecule has 0 aromatic heterocycles. The van der Waals surface area contributed by atoms with Gasteiger partial charge in [0.2, 0.25) is 0 Å². The molecule has 0 heterocycles. The van der Waals surface area contributed by atoms with E-state index in [1.807, 2.05) is 31.2 Å². The lowest BCUT2D eigenvalue weighted by Gasteiger charge is -2.15. The van der Waals surface area contributed by atoms with Gasteiger partial charge in [0.05, 0.1) is 5.56 Å². The minimum Gasteiger partial charge on any atom is -0.478 e. The van der Waals surface area contributed by atoms with Crippen molar-refractivity contribution in [2.75, 3.05) is 11.9 Å². The summed E-state index contributed by atoms with van der Waals surface area (Å²) in [6, 6.07) is 21.1. The SMILES string of the molecule is CCc1cc(NC(=O)OCC2c3ccccc3-c3ccccc32)cc(C(=O)O)c1. The molecule has 1 amide bonds. The number of carboxylic acid groups (broad SMARTS) is 1. The van der Waals surface area contributed by atoms with Crippen molar-refractivity contribution in [3.8, 4) is 11.1 Å². The lowest BCUT2D eigenvalue weighted by molar-refractivity contribution is 0.0696. The number of rotatable bonds is 5. The lowest BCUT2D eigenvalue weighted by atomic mass is 9.98. The highest BCUT2D eigenvalue weighted by atomic mass is 16.5. The fraction of sp³-hybridized carbons (Fsp3) is 0.167. The molecule has 1 aliphatic carbocycles. The van der Waals surface area contributed by atoms with Gasteiger partial charge in [0.15, 0.2) is 0 Å². The number of benzene rings is 3. The molecular weight excluding hydrogens is 366 g/mol. The summed E-state index contributed by atoms with van der Waals surface area (Å²) in [6.45, 7) is 2.14. The van der Waals surface area contributed by atoms with Gasteiger partial charge in [0.25, 0.3) is 0 Å². The summed E-state index contributed by atoms with van der Waals surface area (Å²) < 4.78 is 5.52. The molecule has 0 radical (unpaired) electrons. The van der Waals surface area contributed by atoms with E-state index in [9.17, 15) is 14.7 Å². The van der Waals surface area contributed by atoms with E-state index in [0.717, 1.165) is 16.7 Å². The van der Waals surface area contributed by atoms with Crippen molar-refractivity contribution in [3.05, 3.63) is 89.0 Å². The van der Waals surface area contributed by atoms with Crippen LogP contribution in [-0.4, -0.2) is 23.8 Å². The number of carbonyl (C=O) groups excluding carboxylic acids is 1. The van der Waals surface area contributed by atoms with E-state index >= 15 is 0 Å². The Morgan fingerprint density at radius 2 is 1.59 bits per heavy atom. The van der Waals surface area contributed by atoms with Gasteiger partial charge in [-0.1, -0.05) is 55.5 Å². The summed E-state index contributed by atoms with van der Waals surface area (Å²) >= 11 is 0. The van der Waals surface area contributed by atoms with Crippen LogP contribution in [0.3, 0.4) is 0 Å². The molecule has 3 aromatic rings. The van der Waals surface area contributed by atoms with Crippen molar-refractivity contribution in [3.63, 3.8) is 0 Å². The highest BCUT2D eigenvalue weighted by Crippen LogP contribution is 2.44. The molecule has 146 valence electrons. The fourth-order valence-electron chi connectivity index (χ4n) is 3.84. The number of fused-ring (bicyclic) bond motifs is 3. The third-order valence-corrected chi connectivity index (χ3v) is 5.24. The number of aromatic carboxylic acids is 1. The van der Waals surface area contributed by atoms with E-state index in [-0.39, 0.29) is 18.1 Å². The lowest BCUT2D eigenvalue weighted by Crippen LogP contribution is -2.18. The van der Waals surface area contributed by atoms with Gasteiger partial charge in [-0.25, -0.2) is 9.59 Å². The predicted octanol–water partition coefficient (Wildman–Crippen LogP) is 5.31. The van der Waals surface area contributed by atoms with Gasteiger partial charge in [-0.2, -0.15) is 0 Å². The van der Waals surface area contributed by atoms with E-state index < -0.39 is 12.1 Å². The Balaban J connectivity index is 1.50. The molecule has 4 rings (SSSR count). The second-order valence-corrected chi connectivity index (χ2v) is 7.03. The fourth-order valence-corrected chi connectivity index (χ4v) is 3.84. The van der Waals surface area contributed by atoms with Crippen LogP contribution in [0.1, 0.15) is 39.9 Å². The minimum absolute atomic E-state index is 0.0234. The molecule has 5 heteroatoms. The molecule has 0 spiro atoms. The van der Waals surface area contributed by atoms with Crippen LogP contribution in [0.4, 0.5) is 10.5 Å². The number of amides is 1. The zero-order valence-corrected chi connectivity index (χ0v) is 16.0. The number of aryl methyl sites for hydroxylation is 1. The van der Waals surface area contributed by atoms with Gasteiger partial charge in [-0.3, -0.25) is 5.32 Å². The molecular formula is C24H21NO4. The number of carboxylic acids is 1. The Bertz CT molecular complexity index is 1040. The smallest absolute Gasteiger partial charge is 0.411 e. The summed E-state index contributed by atoms with van der Waals surface area (Å²) in [5, 5.41) is 11.9. The van der Waals surface area contributed by atoms with Crippen molar-refractivity contribution < 1.29 is 19.4 Å². The predicted molar refractivity (Wildman–Crippen MR) is 111 cm³/mol. The monoisotopic (exact) mass is 387 g/mol. The molecule has 0 atom stereocenters. The molecule has 5 nitrogen and oxygen atoms in total. The maximum absolute atomic E-state index is 12.4. The first-order valence-corrected chi connectivity index (χ1v) is 9.56. The van der Waals surface area contributed by atoms with Crippen molar-refractivity contribution >= 4 is 17.7 Å². The molecule has 2 N–H and O–H groups in total. The molecule has 0 bridgehead atoms.